The molecule has 2 heteroatoms. The van der Waals surface area contributed by atoms with Gasteiger partial charge < -0.3 is 5.32 Å². The van der Waals surface area contributed by atoms with Crippen LogP contribution in [0.1, 0.15) is 37.8 Å². The Balaban J connectivity index is 1.73. The van der Waals surface area contributed by atoms with Gasteiger partial charge in [-0.3, -0.25) is 4.98 Å². The van der Waals surface area contributed by atoms with Crippen molar-refractivity contribution in [3.63, 3.8) is 0 Å². The maximum atomic E-state index is 4.48. The van der Waals surface area contributed by atoms with Gasteiger partial charge in [0, 0.05) is 23.8 Å². The minimum Gasteiger partial charge on any atom is -0.310 e. The van der Waals surface area contributed by atoms with Gasteiger partial charge in [-0.25, -0.2) is 0 Å². The standard InChI is InChI=1S/C18H22N2/c1-2-20-18(15-8-13-7-14(13)9-15)17-11-19-10-12-5-3-4-6-16(12)17/h3-6,10-11,13-15,18,20H,2,7-9H2,1H3. The van der Waals surface area contributed by atoms with Crippen molar-refractivity contribution in [2.45, 2.75) is 32.2 Å². The predicted molar refractivity (Wildman–Crippen MR) is 82.5 cm³/mol. The van der Waals surface area contributed by atoms with Crippen LogP contribution in [0.15, 0.2) is 36.7 Å². The molecule has 104 valence electrons. The number of fused-ring (bicyclic) bond motifs is 2. The zero-order chi connectivity index (χ0) is 13.5. The van der Waals surface area contributed by atoms with Crippen molar-refractivity contribution in [1.29, 1.82) is 0 Å². The highest BCUT2D eigenvalue weighted by molar-refractivity contribution is 5.85. The summed E-state index contributed by atoms with van der Waals surface area (Å²) in [6.45, 7) is 3.24. The first-order valence-corrected chi connectivity index (χ1v) is 7.93. The number of hydrogen-bond acceptors (Lipinski definition) is 2. The van der Waals surface area contributed by atoms with Crippen LogP contribution in [0.4, 0.5) is 0 Å². The minimum absolute atomic E-state index is 0.478. The maximum absolute atomic E-state index is 4.48. The average Bonchev–Trinajstić information content (AvgIpc) is 3.11. The highest BCUT2D eigenvalue weighted by Gasteiger charge is 2.48. The molecule has 3 atom stereocenters. The average molecular weight is 266 g/mol. The summed E-state index contributed by atoms with van der Waals surface area (Å²) in [5.41, 5.74) is 1.40. The Morgan fingerprint density at radius 3 is 2.75 bits per heavy atom. The molecule has 1 aromatic heterocycles. The quantitative estimate of drug-likeness (QED) is 0.907. The molecule has 3 unspecified atom stereocenters. The lowest BCUT2D eigenvalue weighted by Crippen LogP contribution is -2.28. The third kappa shape index (κ3) is 2.03. The molecular weight excluding hydrogens is 244 g/mol. The van der Waals surface area contributed by atoms with Crippen molar-refractivity contribution in [2.75, 3.05) is 6.54 Å². The molecule has 2 aliphatic rings. The van der Waals surface area contributed by atoms with E-state index in [0.29, 0.717) is 6.04 Å². The van der Waals surface area contributed by atoms with E-state index in [9.17, 15) is 0 Å². The van der Waals surface area contributed by atoms with Crippen molar-refractivity contribution in [1.82, 2.24) is 10.3 Å². The molecule has 2 saturated carbocycles. The molecule has 0 saturated heterocycles. The van der Waals surface area contributed by atoms with Gasteiger partial charge in [0.25, 0.3) is 0 Å². The summed E-state index contributed by atoms with van der Waals surface area (Å²) in [7, 11) is 0. The van der Waals surface area contributed by atoms with Crippen LogP contribution in [0.3, 0.4) is 0 Å². The monoisotopic (exact) mass is 266 g/mol. The Hall–Kier alpha value is -1.41. The predicted octanol–water partition coefficient (Wildman–Crippen LogP) is 3.93. The van der Waals surface area contributed by atoms with Gasteiger partial charge in [-0.1, -0.05) is 31.2 Å². The Bertz CT molecular complexity index is 606. The van der Waals surface area contributed by atoms with Crippen molar-refractivity contribution in [3.05, 3.63) is 42.2 Å². The molecule has 1 N–H and O–H groups in total. The molecule has 0 bridgehead atoms. The first-order valence-electron chi connectivity index (χ1n) is 7.93. The van der Waals surface area contributed by atoms with Gasteiger partial charge in [0.15, 0.2) is 0 Å². The van der Waals surface area contributed by atoms with Crippen LogP contribution in [0.25, 0.3) is 10.8 Å². The van der Waals surface area contributed by atoms with E-state index in [1.54, 1.807) is 0 Å². The fourth-order valence-electron chi connectivity index (χ4n) is 4.17. The summed E-state index contributed by atoms with van der Waals surface area (Å²) >= 11 is 0. The Morgan fingerprint density at radius 1 is 1.15 bits per heavy atom. The van der Waals surface area contributed by atoms with Gasteiger partial charge in [-0.05, 0) is 54.5 Å². The Kier molecular flexibility index (Phi) is 2.99. The summed E-state index contributed by atoms with van der Waals surface area (Å²) < 4.78 is 0. The molecule has 20 heavy (non-hydrogen) atoms. The molecule has 2 aromatic rings. The second-order valence-electron chi connectivity index (χ2n) is 6.47. The second kappa shape index (κ2) is 4.85. The van der Waals surface area contributed by atoms with Gasteiger partial charge >= 0.3 is 0 Å². The molecule has 4 rings (SSSR count). The number of hydrogen-bond donors (Lipinski definition) is 1. The molecule has 0 spiro atoms. The van der Waals surface area contributed by atoms with Crippen LogP contribution in [0, 0.1) is 17.8 Å². The largest absolute Gasteiger partial charge is 0.310 e. The summed E-state index contributed by atoms with van der Waals surface area (Å²) in [4.78, 5) is 4.48. The first-order chi connectivity index (χ1) is 9.86. The van der Waals surface area contributed by atoms with E-state index >= 15 is 0 Å². The van der Waals surface area contributed by atoms with Crippen molar-refractivity contribution in [3.8, 4) is 0 Å². The van der Waals surface area contributed by atoms with Gasteiger partial charge in [-0.15, -0.1) is 0 Å². The highest BCUT2D eigenvalue weighted by Crippen LogP contribution is 2.57. The fourth-order valence-corrected chi connectivity index (χ4v) is 4.17. The molecular formula is C18H22N2. The zero-order valence-electron chi connectivity index (χ0n) is 12.0. The van der Waals surface area contributed by atoms with Crippen LogP contribution in [0.5, 0.6) is 0 Å². The zero-order valence-corrected chi connectivity index (χ0v) is 12.0. The van der Waals surface area contributed by atoms with Crippen molar-refractivity contribution in [2.24, 2.45) is 17.8 Å². The van der Waals surface area contributed by atoms with E-state index in [0.717, 1.165) is 24.3 Å². The molecule has 2 nitrogen and oxygen atoms in total. The topological polar surface area (TPSA) is 24.9 Å². The van der Waals surface area contributed by atoms with E-state index in [2.05, 4.69) is 47.7 Å². The second-order valence-corrected chi connectivity index (χ2v) is 6.47. The maximum Gasteiger partial charge on any atom is 0.0370 e. The molecule has 0 radical (unpaired) electrons. The molecule has 2 aliphatic carbocycles. The summed E-state index contributed by atoms with van der Waals surface area (Å²) in [5.74, 6) is 2.86. The van der Waals surface area contributed by atoms with E-state index in [4.69, 9.17) is 0 Å². The number of benzene rings is 1. The van der Waals surface area contributed by atoms with Crippen LogP contribution in [0.2, 0.25) is 0 Å². The molecule has 2 fully saturated rings. The summed E-state index contributed by atoms with van der Waals surface area (Å²) in [6, 6.07) is 9.13. The molecule has 0 aliphatic heterocycles. The number of nitrogens with one attached hydrogen (secondary N) is 1. The van der Waals surface area contributed by atoms with Gasteiger partial charge in [0.05, 0.1) is 0 Å². The summed E-state index contributed by atoms with van der Waals surface area (Å²) in [6.07, 6.45) is 8.37. The lowest BCUT2D eigenvalue weighted by Gasteiger charge is -2.27. The Morgan fingerprint density at radius 2 is 1.95 bits per heavy atom. The first kappa shape index (κ1) is 12.3. The Labute approximate surface area is 120 Å². The summed E-state index contributed by atoms with van der Waals surface area (Å²) in [5, 5.41) is 6.36. The smallest absolute Gasteiger partial charge is 0.0370 e. The van der Waals surface area contributed by atoms with E-state index in [1.165, 1.54) is 35.6 Å². The normalized spacial score (nSPS) is 29.4. The molecule has 1 aromatic carbocycles. The van der Waals surface area contributed by atoms with Crippen LogP contribution in [-0.4, -0.2) is 11.5 Å². The van der Waals surface area contributed by atoms with Gasteiger partial charge in [0.2, 0.25) is 0 Å². The third-order valence-electron chi connectivity index (χ3n) is 5.21. The van der Waals surface area contributed by atoms with Crippen molar-refractivity contribution < 1.29 is 0 Å². The van der Waals surface area contributed by atoms with E-state index < -0.39 is 0 Å². The lowest BCUT2D eigenvalue weighted by atomic mass is 9.87. The number of nitrogens with zero attached hydrogens (tertiary/aromatic N) is 1. The lowest BCUT2D eigenvalue weighted by molar-refractivity contribution is 0.348. The van der Waals surface area contributed by atoms with Crippen LogP contribution in [-0.2, 0) is 0 Å². The minimum atomic E-state index is 0.478. The third-order valence-corrected chi connectivity index (χ3v) is 5.21. The number of pyridine rings is 1. The van der Waals surface area contributed by atoms with Crippen molar-refractivity contribution >= 4 is 10.8 Å². The van der Waals surface area contributed by atoms with Crippen LogP contribution < -0.4 is 5.32 Å². The number of aromatic nitrogens is 1. The SMILES string of the molecule is CCNC(c1cncc2ccccc12)C1CC2CC2C1. The highest BCUT2D eigenvalue weighted by atomic mass is 14.9. The fraction of sp³-hybridized carbons (Fsp3) is 0.500. The van der Waals surface area contributed by atoms with Gasteiger partial charge in [-0.2, -0.15) is 0 Å². The van der Waals surface area contributed by atoms with Gasteiger partial charge in [0.1, 0.15) is 0 Å². The van der Waals surface area contributed by atoms with E-state index in [1.807, 2.05) is 6.20 Å². The molecule has 0 amide bonds. The van der Waals surface area contributed by atoms with Crippen LogP contribution >= 0.6 is 0 Å². The van der Waals surface area contributed by atoms with E-state index in [-0.39, 0.29) is 0 Å². The molecule has 1 heterocycles. The number of rotatable bonds is 4.